The van der Waals surface area contributed by atoms with Gasteiger partial charge in [-0.2, -0.15) is 0 Å². The molecule has 0 saturated carbocycles. The minimum absolute atomic E-state index is 0.287. The van der Waals surface area contributed by atoms with E-state index in [2.05, 4.69) is 10.3 Å². The van der Waals surface area contributed by atoms with Crippen LogP contribution in [0.5, 0.6) is 5.75 Å². The zero-order valence-corrected chi connectivity index (χ0v) is 11.2. The maximum absolute atomic E-state index is 13.5. The largest absolute Gasteiger partial charge is 0.486 e. The van der Waals surface area contributed by atoms with Gasteiger partial charge in [-0.3, -0.25) is 0 Å². The van der Waals surface area contributed by atoms with Gasteiger partial charge in [-0.15, -0.1) is 0 Å². The number of benzene rings is 1. The third kappa shape index (κ3) is 3.79. The van der Waals surface area contributed by atoms with Gasteiger partial charge >= 0.3 is 0 Å². The summed E-state index contributed by atoms with van der Waals surface area (Å²) in [5.74, 6) is 1.04. The Hall–Kier alpha value is -1.88. The first-order chi connectivity index (χ1) is 9.19. The summed E-state index contributed by atoms with van der Waals surface area (Å²) in [6.07, 6.45) is 3.56. The van der Waals surface area contributed by atoms with E-state index in [-0.39, 0.29) is 5.82 Å². The Labute approximate surface area is 112 Å². The van der Waals surface area contributed by atoms with Crippen LogP contribution in [0.1, 0.15) is 18.3 Å². The van der Waals surface area contributed by atoms with Crippen molar-refractivity contribution in [1.29, 1.82) is 0 Å². The molecule has 1 aromatic carbocycles. The van der Waals surface area contributed by atoms with Crippen molar-refractivity contribution >= 4 is 0 Å². The summed E-state index contributed by atoms with van der Waals surface area (Å²) in [5, 5.41) is 3.16. The zero-order valence-electron chi connectivity index (χ0n) is 11.2. The number of rotatable bonds is 6. The molecule has 4 nitrogen and oxygen atoms in total. The van der Waals surface area contributed by atoms with E-state index in [1.54, 1.807) is 6.20 Å². The Kier molecular flexibility index (Phi) is 4.52. The second-order valence-corrected chi connectivity index (χ2v) is 4.32. The molecule has 2 aromatic rings. The Bertz CT molecular complexity index is 539. The molecule has 0 aliphatic rings. The van der Waals surface area contributed by atoms with Crippen molar-refractivity contribution in [3.05, 3.63) is 47.8 Å². The molecule has 0 atom stereocenters. The number of aromatic nitrogens is 2. The van der Waals surface area contributed by atoms with E-state index in [1.807, 2.05) is 30.8 Å². The normalized spacial score (nSPS) is 10.7. The predicted octanol–water partition coefficient (Wildman–Crippen LogP) is 2.25. The molecule has 0 saturated heterocycles. The van der Waals surface area contributed by atoms with Crippen LogP contribution >= 0.6 is 0 Å². The topological polar surface area (TPSA) is 39.1 Å². The van der Waals surface area contributed by atoms with Gasteiger partial charge in [0.25, 0.3) is 0 Å². The van der Waals surface area contributed by atoms with Crippen LogP contribution in [0, 0.1) is 5.82 Å². The van der Waals surface area contributed by atoms with Crippen molar-refractivity contribution in [3.8, 4) is 5.75 Å². The summed E-state index contributed by atoms with van der Waals surface area (Å²) < 4.78 is 20.9. The van der Waals surface area contributed by atoms with Gasteiger partial charge in [0.1, 0.15) is 24.0 Å². The van der Waals surface area contributed by atoms with Gasteiger partial charge in [-0.25, -0.2) is 9.37 Å². The van der Waals surface area contributed by atoms with Gasteiger partial charge in [0, 0.05) is 32.1 Å². The molecule has 0 aliphatic carbocycles. The van der Waals surface area contributed by atoms with E-state index in [0.29, 0.717) is 18.9 Å². The maximum atomic E-state index is 13.5. The Morgan fingerprint density at radius 2 is 2.21 bits per heavy atom. The molecule has 0 amide bonds. The van der Waals surface area contributed by atoms with Crippen molar-refractivity contribution < 1.29 is 9.13 Å². The first-order valence-electron chi connectivity index (χ1n) is 6.28. The van der Waals surface area contributed by atoms with Crippen LogP contribution in [-0.2, 0) is 20.2 Å². The first-order valence-corrected chi connectivity index (χ1v) is 6.28. The van der Waals surface area contributed by atoms with Crippen LogP contribution in [0.2, 0.25) is 0 Å². The van der Waals surface area contributed by atoms with E-state index in [4.69, 9.17) is 4.74 Å². The van der Waals surface area contributed by atoms with E-state index in [1.165, 1.54) is 12.1 Å². The highest BCUT2D eigenvalue weighted by Crippen LogP contribution is 2.17. The number of nitrogens with one attached hydrogen (secondary N) is 1. The number of hydrogen-bond donors (Lipinski definition) is 1. The lowest BCUT2D eigenvalue weighted by atomic mass is 10.2. The minimum atomic E-state index is -0.287. The predicted molar refractivity (Wildman–Crippen MR) is 71.3 cm³/mol. The van der Waals surface area contributed by atoms with Crippen molar-refractivity contribution in [2.45, 2.75) is 20.1 Å². The fourth-order valence-electron chi connectivity index (χ4n) is 1.76. The summed E-state index contributed by atoms with van der Waals surface area (Å²) >= 11 is 0. The molecule has 0 spiro atoms. The Morgan fingerprint density at radius 3 is 2.89 bits per heavy atom. The summed E-state index contributed by atoms with van der Waals surface area (Å²) in [6.45, 7) is 3.82. The van der Waals surface area contributed by atoms with E-state index < -0.39 is 0 Å². The Balaban J connectivity index is 2.03. The lowest BCUT2D eigenvalue weighted by Crippen LogP contribution is -2.12. The third-order valence-electron chi connectivity index (χ3n) is 2.80. The van der Waals surface area contributed by atoms with Crippen molar-refractivity contribution in [1.82, 2.24) is 14.9 Å². The van der Waals surface area contributed by atoms with Gasteiger partial charge in [0.2, 0.25) is 0 Å². The number of halogens is 1. The molecular formula is C14H18FN3O. The molecule has 0 bridgehead atoms. The molecule has 2 rings (SSSR count). The highest BCUT2D eigenvalue weighted by molar-refractivity contribution is 5.29. The second-order valence-electron chi connectivity index (χ2n) is 4.32. The van der Waals surface area contributed by atoms with Gasteiger partial charge in [0.05, 0.1) is 0 Å². The lowest BCUT2D eigenvalue weighted by molar-refractivity contribution is 0.290. The first kappa shape index (κ1) is 13.5. The molecule has 102 valence electrons. The summed E-state index contributed by atoms with van der Waals surface area (Å²) in [5.41, 5.74) is 0.872. The molecule has 5 heteroatoms. The molecule has 1 heterocycles. The zero-order chi connectivity index (χ0) is 13.7. The number of hydrogen-bond acceptors (Lipinski definition) is 3. The lowest BCUT2D eigenvalue weighted by Gasteiger charge is -2.09. The summed E-state index contributed by atoms with van der Waals surface area (Å²) in [4.78, 5) is 4.16. The maximum Gasteiger partial charge on any atom is 0.146 e. The molecule has 0 fully saturated rings. The van der Waals surface area contributed by atoms with Crippen LogP contribution in [0.15, 0.2) is 30.6 Å². The SMILES string of the molecule is CCNCc1cc(F)cc(OCc2nccn2C)c1. The average molecular weight is 263 g/mol. The highest BCUT2D eigenvalue weighted by atomic mass is 19.1. The van der Waals surface area contributed by atoms with Gasteiger partial charge < -0.3 is 14.6 Å². The van der Waals surface area contributed by atoms with Crippen molar-refractivity contribution in [2.24, 2.45) is 7.05 Å². The molecule has 0 radical (unpaired) electrons. The fourth-order valence-corrected chi connectivity index (χ4v) is 1.76. The smallest absolute Gasteiger partial charge is 0.146 e. The molecule has 1 N–H and O–H groups in total. The van der Waals surface area contributed by atoms with Crippen LogP contribution in [0.3, 0.4) is 0 Å². The van der Waals surface area contributed by atoms with Gasteiger partial charge in [0.15, 0.2) is 0 Å². The Morgan fingerprint density at radius 1 is 1.37 bits per heavy atom. The monoisotopic (exact) mass is 263 g/mol. The van der Waals surface area contributed by atoms with Crippen LogP contribution < -0.4 is 10.1 Å². The van der Waals surface area contributed by atoms with E-state index in [0.717, 1.165) is 17.9 Å². The van der Waals surface area contributed by atoms with Crippen LogP contribution in [0.25, 0.3) is 0 Å². The van der Waals surface area contributed by atoms with Crippen LogP contribution in [0.4, 0.5) is 4.39 Å². The van der Waals surface area contributed by atoms with Crippen molar-refractivity contribution in [2.75, 3.05) is 6.54 Å². The minimum Gasteiger partial charge on any atom is -0.486 e. The summed E-state index contributed by atoms with van der Waals surface area (Å²) in [6, 6.07) is 4.74. The number of ether oxygens (including phenoxy) is 1. The standard InChI is InChI=1S/C14H18FN3O/c1-3-16-9-11-6-12(15)8-13(7-11)19-10-14-17-4-5-18(14)2/h4-8,16H,3,9-10H2,1-2H3. The molecule has 1 aromatic heterocycles. The van der Waals surface area contributed by atoms with Crippen LogP contribution in [-0.4, -0.2) is 16.1 Å². The molecule has 19 heavy (non-hydrogen) atoms. The van der Waals surface area contributed by atoms with E-state index >= 15 is 0 Å². The molecule has 0 unspecified atom stereocenters. The highest BCUT2D eigenvalue weighted by Gasteiger charge is 2.04. The third-order valence-corrected chi connectivity index (χ3v) is 2.80. The quantitative estimate of drug-likeness (QED) is 0.868. The molecular weight excluding hydrogens is 245 g/mol. The second kappa shape index (κ2) is 6.33. The fraction of sp³-hybridized carbons (Fsp3) is 0.357. The number of imidazole rings is 1. The molecule has 0 aliphatic heterocycles. The number of nitrogens with zero attached hydrogens (tertiary/aromatic N) is 2. The number of aryl methyl sites for hydroxylation is 1. The van der Waals surface area contributed by atoms with Gasteiger partial charge in [-0.1, -0.05) is 6.92 Å². The summed E-state index contributed by atoms with van der Waals surface area (Å²) in [7, 11) is 1.90. The van der Waals surface area contributed by atoms with Gasteiger partial charge in [-0.05, 0) is 24.2 Å². The van der Waals surface area contributed by atoms with Crippen molar-refractivity contribution in [3.63, 3.8) is 0 Å². The van der Waals surface area contributed by atoms with E-state index in [9.17, 15) is 4.39 Å². The average Bonchev–Trinajstić information content (AvgIpc) is 2.79.